The molecule has 0 saturated carbocycles. The van der Waals surface area contributed by atoms with Gasteiger partial charge in [0, 0.05) is 38.8 Å². The number of carbonyl (C=O) groups excluding carboxylic acids is 2. The average Bonchev–Trinajstić information content (AvgIpc) is 2.69. The summed E-state index contributed by atoms with van der Waals surface area (Å²) < 4.78 is 5.10. The molecule has 2 N–H and O–H groups in total. The van der Waals surface area contributed by atoms with Crippen molar-refractivity contribution in [2.45, 2.75) is 19.8 Å². The van der Waals surface area contributed by atoms with Crippen LogP contribution in [0.25, 0.3) is 0 Å². The lowest BCUT2D eigenvalue weighted by Crippen LogP contribution is -2.48. The molecule has 1 heterocycles. The number of benzene rings is 1. The average molecular weight is 360 g/mol. The van der Waals surface area contributed by atoms with Gasteiger partial charge in [-0.1, -0.05) is 18.2 Å². The minimum Gasteiger partial charge on any atom is -0.466 e. The number of guanidine groups is 1. The molecule has 0 aliphatic carbocycles. The van der Waals surface area contributed by atoms with Gasteiger partial charge in [-0.2, -0.15) is 0 Å². The van der Waals surface area contributed by atoms with Crippen molar-refractivity contribution in [3.8, 4) is 0 Å². The second kappa shape index (κ2) is 10.4. The van der Waals surface area contributed by atoms with E-state index in [9.17, 15) is 9.59 Å². The van der Waals surface area contributed by atoms with Crippen LogP contribution in [0.4, 0.5) is 0 Å². The monoisotopic (exact) mass is 360 g/mol. The molecule has 0 bridgehead atoms. The van der Waals surface area contributed by atoms with Crippen molar-refractivity contribution >= 4 is 17.8 Å². The van der Waals surface area contributed by atoms with Gasteiger partial charge in [0.05, 0.1) is 12.5 Å². The molecular weight excluding hydrogens is 332 g/mol. The zero-order chi connectivity index (χ0) is 18.8. The Labute approximate surface area is 154 Å². The number of rotatable bonds is 6. The molecule has 1 saturated heterocycles. The third-order valence-corrected chi connectivity index (χ3v) is 4.36. The Balaban J connectivity index is 1.70. The highest BCUT2D eigenvalue weighted by Crippen LogP contribution is 2.18. The molecule has 1 amide bonds. The minimum absolute atomic E-state index is 0.0190. The molecule has 2 rings (SSSR count). The number of esters is 1. The van der Waals surface area contributed by atoms with Gasteiger partial charge in [-0.05, 0) is 31.9 Å². The lowest BCUT2D eigenvalue weighted by Gasteiger charge is -2.33. The van der Waals surface area contributed by atoms with Crippen LogP contribution in [0.15, 0.2) is 35.3 Å². The van der Waals surface area contributed by atoms with Crippen LogP contribution in [0.1, 0.15) is 30.1 Å². The van der Waals surface area contributed by atoms with E-state index in [2.05, 4.69) is 20.5 Å². The fraction of sp³-hybridized carbons (Fsp3) is 0.526. The van der Waals surface area contributed by atoms with Gasteiger partial charge in [0.25, 0.3) is 5.91 Å². The van der Waals surface area contributed by atoms with Crippen molar-refractivity contribution in [2.24, 2.45) is 10.9 Å². The molecule has 1 aromatic rings. The van der Waals surface area contributed by atoms with E-state index in [1.807, 2.05) is 25.1 Å². The number of carbonyl (C=O) groups is 2. The molecule has 142 valence electrons. The Morgan fingerprint density at radius 1 is 1.15 bits per heavy atom. The van der Waals surface area contributed by atoms with Gasteiger partial charge < -0.3 is 20.3 Å². The second-order valence-electron chi connectivity index (χ2n) is 6.11. The smallest absolute Gasteiger partial charge is 0.309 e. The van der Waals surface area contributed by atoms with E-state index in [1.54, 1.807) is 19.2 Å². The predicted molar refractivity (Wildman–Crippen MR) is 101 cm³/mol. The number of nitrogens with zero attached hydrogens (tertiary/aromatic N) is 2. The number of hydrogen-bond acceptors (Lipinski definition) is 4. The summed E-state index contributed by atoms with van der Waals surface area (Å²) in [5.41, 5.74) is 0.651. The normalized spacial score (nSPS) is 15.5. The fourth-order valence-corrected chi connectivity index (χ4v) is 2.96. The number of piperidine rings is 1. The summed E-state index contributed by atoms with van der Waals surface area (Å²) in [5.74, 6) is 0.590. The van der Waals surface area contributed by atoms with E-state index < -0.39 is 0 Å². The minimum atomic E-state index is -0.0984. The molecule has 1 fully saturated rings. The highest BCUT2D eigenvalue weighted by molar-refractivity contribution is 5.94. The van der Waals surface area contributed by atoms with E-state index in [1.165, 1.54) is 0 Å². The Morgan fingerprint density at radius 3 is 2.42 bits per heavy atom. The van der Waals surface area contributed by atoms with Crippen molar-refractivity contribution in [2.75, 3.05) is 39.8 Å². The van der Waals surface area contributed by atoms with Crippen molar-refractivity contribution in [3.05, 3.63) is 35.9 Å². The highest BCUT2D eigenvalue weighted by atomic mass is 16.5. The van der Waals surface area contributed by atoms with Crippen LogP contribution < -0.4 is 10.6 Å². The van der Waals surface area contributed by atoms with Crippen LogP contribution in [-0.4, -0.2) is 62.6 Å². The molecule has 0 aromatic heterocycles. The van der Waals surface area contributed by atoms with Crippen molar-refractivity contribution in [1.29, 1.82) is 0 Å². The maximum atomic E-state index is 12.0. The van der Waals surface area contributed by atoms with E-state index in [0.717, 1.165) is 31.9 Å². The van der Waals surface area contributed by atoms with Gasteiger partial charge in [-0.15, -0.1) is 0 Å². The molecule has 0 atom stereocenters. The van der Waals surface area contributed by atoms with Gasteiger partial charge in [0.2, 0.25) is 0 Å². The van der Waals surface area contributed by atoms with Crippen LogP contribution in [0.2, 0.25) is 0 Å². The fourth-order valence-electron chi connectivity index (χ4n) is 2.96. The van der Waals surface area contributed by atoms with E-state index in [0.29, 0.717) is 25.3 Å². The van der Waals surface area contributed by atoms with Crippen LogP contribution >= 0.6 is 0 Å². The first kappa shape index (κ1) is 19.8. The Bertz CT molecular complexity index is 610. The molecule has 7 heteroatoms. The topological polar surface area (TPSA) is 83.0 Å². The largest absolute Gasteiger partial charge is 0.466 e. The zero-order valence-corrected chi connectivity index (χ0v) is 15.5. The molecule has 1 aliphatic heterocycles. The summed E-state index contributed by atoms with van der Waals surface area (Å²) in [7, 11) is 1.74. The van der Waals surface area contributed by atoms with Gasteiger partial charge >= 0.3 is 5.97 Å². The summed E-state index contributed by atoms with van der Waals surface area (Å²) in [6.07, 6.45) is 1.54. The van der Waals surface area contributed by atoms with E-state index in [-0.39, 0.29) is 17.8 Å². The Kier molecular flexibility index (Phi) is 7.92. The third kappa shape index (κ3) is 5.75. The standard InChI is InChI=1S/C19H28N4O3/c1-3-26-18(25)16-9-13-23(14-10-16)19(20-2)22-12-11-21-17(24)15-7-5-4-6-8-15/h4-8,16H,3,9-14H2,1-2H3,(H,20,22)(H,21,24). The number of hydrogen-bond donors (Lipinski definition) is 2. The third-order valence-electron chi connectivity index (χ3n) is 4.36. The van der Waals surface area contributed by atoms with Gasteiger partial charge in [-0.3, -0.25) is 14.6 Å². The van der Waals surface area contributed by atoms with Gasteiger partial charge in [0.15, 0.2) is 5.96 Å². The molecule has 7 nitrogen and oxygen atoms in total. The molecule has 26 heavy (non-hydrogen) atoms. The quantitative estimate of drug-likeness (QED) is 0.345. The predicted octanol–water partition coefficient (Wildman–Crippen LogP) is 1.27. The summed E-state index contributed by atoms with van der Waals surface area (Å²) in [5, 5.41) is 6.14. The molecule has 0 radical (unpaired) electrons. The maximum Gasteiger partial charge on any atom is 0.309 e. The van der Waals surface area contributed by atoms with Crippen LogP contribution in [0, 0.1) is 5.92 Å². The Morgan fingerprint density at radius 2 is 1.81 bits per heavy atom. The number of aliphatic imine (C=N–C) groups is 1. The highest BCUT2D eigenvalue weighted by Gasteiger charge is 2.27. The lowest BCUT2D eigenvalue weighted by molar-refractivity contribution is -0.149. The van der Waals surface area contributed by atoms with Crippen LogP contribution in [0.5, 0.6) is 0 Å². The maximum absolute atomic E-state index is 12.0. The lowest BCUT2D eigenvalue weighted by atomic mass is 9.97. The number of likely N-dealkylation sites (tertiary alicyclic amines) is 1. The molecule has 1 aromatic carbocycles. The van der Waals surface area contributed by atoms with Gasteiger partial charge in [0.1, 0.15) is 0 Å². The molecular formula is C19H28N4O3. The Hall–Kier alpha value is -2.57. The summed E-state index contributed by atoms with van der Waals surface area (Å²) in [4.78, 5) is 30.2. The summed E-state index contributed by atoms with van der Waals surface area (Å²) >= 11 is 0. The van der Waals surface area contributed by atoms with Gasteiger partial charge in [-0.25, -0.2) is 0 Å². The molecule has 0 unspecified atom stereocenters. The number of amides is 1. The first-order chi connectivity index (χ1) is 12.7. The van der Waals surface area contributed by atoms with Crippen molar-refractivity contribution < 1.29 is 14.3 Å². The first-order valence-corrected chi connectivity index (χ1v) is 9.11. The van der Waals surface area contributed by atoms with E-state index >= 15 is 0 Å². The summed E-state index contributed by atoms with van der Waals surface area (Å²) in [6.45, 7) is 4.88. The van der Waals surface area contributed by atoms with E-state index in [4.69, 9.17) is 4.74 Å². The second-order valence-corrected chi connectivity index (χ2v) is 6.11. The SMILES string of the molecule is CCOC(=O)C1CCN(C(=NC)NCCNC(=O)c2ccccc2)CC1. The molecule has 0 spiro atoms. The molecule has 1 aliphatic rings. The van der Waals surface area contributed by atoms with Crippen LogP contribution in [0.3, 0.4) is 0 Å². The van der Waals surface area contributed by atoms with Crippen LogP contribution in [-0.2, 0) is 9.53 Å². The van der Waals surface area contributed by atoms with Crippen molar-refractivity contribution in [3.63, 3.8) is 0 Å². The number of ether oxygens (including phenoxy) is 1. The first-order valence-electron chi connectivity index (χ1n) is 9.11. The van der Waals surface area contributed by atoms with Crippen molar-refractivity contribution in [1.82, 2.24) is 15.5 Å². The summed E-state index contributed by atoms with van der Waals surface area (Å²) in [6, 6.07) is 9.14. The number of nitrogens with one attached hydrogen (secondary N) is 2. The zero-order valence-electron chi connectivity index (χ0n) is 15.5.